The number of para-hydroxylation sites is 1. The molecule has 1 fully saturated rings. The van der Waals surface area contributed by atoms with Crippen LogP contribution in [0, 0.1) is 5.92 Å². The topological polar surface area (TPSA) is 108 Å². The first-order valence-electron chi connectivity index (χ1n) is 12.0. The van der Waals surface area contributed by atoms with Gasteiger partial charge in [-0.1, -0.05) is 50.2 Å². The van der Waals surface area contributed by atoms with Crippen LogP contribution in [0.5, 0.6) is 0 Å². The van der Waals surface area contributed by atoms with E-state index in [0.717, 1.165) is 24.2 Å². The van der Waals surface area contributed by atoms with Crippen LogP contribution in [0.15, 0.2) is 65.5 Å². The van der Waals surface area contributed by atoms with Gasteiger partial charge in [0.05, 0.1) is 16.8 Å². The van der Waals surface area contributed by atoms with E-state index in [1.165, 1.54) is 4.68 Å². The molecular formula is C27H27N5O4. The van der Waals surface area contributed by atoms with Crippen molar-refractivity contribution in [1.82, 2.24) is 19.6 Å². The minimum absolute atomic E-state index is 0.00370. The monoisotopic (exact) mass is 485 g/mol. The normalized spacial score (nSPS) is 13.2. The lowest BCUT2D eigenvalue weighted by molar-refractivity contribution is -0.119. The smallest absolute Gasteiger partial charge is 0.359 e. The van der Waals surface area contributed by atoms with Crippen LogP contribution in [0.3, 0.4) is 0 Å². The zero-order chi connectivity index (χ0) is 25.2. The summed E-state index contributed by atoms with van der Waals surface area (Å²) in [6.45, 7) is 3.77. The van der Waals surface area contributed by atoms with E-state index in [4.69, 9.17) is 4.74 Å². The fourth-order valence-electron chi connectivity index (χ4n) is 4.07. The lowest BCUT2D eigenvalue weighted by atomic mass is 10.1. The standard InChI is InChI=1S/C27H27N5O4/c1-17(2)15-31-26(34)21-11-7-6-10-20(21)25(30-31)27(35)36-16-24(33)28-23-14-22(18-12-13-18)29-32(23)19-8-4-3-5-9-19/h3-11,14,17-18H,12-13,15-16H2,1-2H3,(H,28,33). The van der Waals surface area contributed by atoms with Crippen LogP contribution >= 0.6 is 0 Å². The first-order chi connectivity index (χ1) is 17.4. The number of carbonyl (C=O) groups is 2. The SMILES string of the molecule is CC(C)Cn1nc(C(=O)OCC(=O)Nc2cc(C3CC3)nn2-c2ccccc2)c2ccccc2c1=O. The van der Waals surface area contributed by atoms with Gasteiger partial charge in [0.2, 0.25) is 0 Å². The lowest BCUT2D eigenvalue weighted by Crippen LogP contribution is -2.29. The van der Waals surface area contributed by atoms with Gasteiger partial charge in [-0.2, -0.15) is 10.2 Å². The molecule has 0 unspecified atom stereocenters. The number of anilines is 1. The number of nitrogens with zero attached hydrogens (tertiary/aromatic N) is 4. The molecule has 2 aromatic heterocycles. The van der Waals surface area contributed by atoms with Gasteiger partial charge in [-0.3, -0.25) is 9.59 Å². The molecule has 1 amide bonds. The Balaban J connectivity index is 1.34. The minimum atomic E-state index is -0.769. The zero-order valence-corrected chi connectivity index (χ0v) is 20.2. The summed E-state index contributed by atoms with van der Waals surface area (Å²) in [6.07, 6.45) is 2.16. The highest BCUT2D eigenvalue weighted by atomic mass is 16.5. The molecule has 36 heavy (non-hydrogen) atoms. The van der Waals surface area contributed by atoms with Gasteiger partial charge in [-0.15, -0.1) is 0 Å². The molecule has 0 atom stereocenters. The molecule has 2 aromatic carbocycles. The van der Waals surface area contributed by atoms with Crippen molar-refractivity contribution in [3.8, 4) is 5.69 Å². The van der Waals surface area contributed by atoms with E-state index in [9.17, 15) is 14.4 Å². The summed E-state index contributed by atoms with van der Waals surface area (Å²) in [7, 11) is 0. The Labute approximate surface area is 207 Å². The molecule has 2 heterocycles. The van der Waals surface area contributed by atoms with E-state index in [1.54, 1.807) is 28.9 Å². The number of nitrogens with one attached hydrogen (secondary N) is 1. The second kappa shape index (κ2) is 9.77. The fraction of sp³-hybridized carbons (Fsp3) is 0.296. The molecule has 0 saturated heterocycles. The summed E-state index contributed by atoms with van der Waals surface area (Å²) in [5.74, 6) is -0.194. The summed E-state index contributed by atoms with van der Waals surface area (Å²) >= 11 is 0. The number of hydrogen-bond acceptors (Lipinski definition) is 6. The molecule has 1 aliphatic carbocycles. The first-order valence-corrected chi connectivity index (χ1v) is 12.0. The van der Waals surface area contributed by atoms with Crippen LogP contribution in [-0.4, -0.2) is 38.0 Å². The number of aromatic nitrogens is 4. The Hall–Kier alpha value is -4.27. The summed E-state index contributed by atoms with van der Waals surface area (Å²) in [5, 5.41) is 12.5. The van der Waals surface area contributed by atoms with Crippen molar-refractivity contribution >= 4 is 28.5 Å². The third kappa shape index (κ3) is 4.91. The number of fused-ring (bicyclic) bond motifs is 1. The van der Waals surface area contributed by atoms with E-state index in [1.807, 2.05) is 50.2 Å². The third-order valence-electron chi connectivity index (χ3n) is 5.93. The van der Waals surface area contributed by atoms with Crippen molar-refractivity contribution in [2.24, 2.45) is 5.92 Å². The van der Waals surface area contributed by atoms with Crippen molar-refractivity contribution in [1.29, 1.82) is 0 Å². The number of ether oxygens (including phenoxy) is 1. The largest absolute Gasteiger partial charge is 0.451 e. The van der Waals surface area contributed by atoms with Crippen LogP contribution in [0.1, 0.15) is 48.8 Å². The van der Waals surface area contributed by atoms with Gasteiger partial charge in [-0.05, 0) is 37.0 Å². The molecule has 1 N–H and O–H groups in total. The molecule has 0 spiro atoms. The average Bonchev–Trinajstić information content (AvgIpc) is 3.65. The number of rotatable bonds is 8. The molecule has 9 heteroatoms. The highest BCUT2D eigenvalue weighted by Gasteiger charge is 2.28. The third-order valence-corrected chi connectivity index (χ3v) is 5.93. The second-order valence-corrected chi connectivity index (χ2v) is 9.38. The van der Waals surface area contributed by atoms with E-state index in [2.05, 4.69) is 15.5 Å². The van der Waals surface area contributed by atoms with Gasteiger partial charge in [0, 0.05) is 23.9 Å². The Morgan fingerprint density at radius 1 is 1.03 bits per heavy atom. The van der Waals surface area contributed by atoms with Crippen molar-refractivity contribution in [2.45, 2.75) is 39.2 Å². The number of carbonyl (C=O) groups excluding carboxylic acids is 2. The fourth-order valence-corrected chi connectivity index (χ4v) is 4.07. The molecule has 0 bridgehead atoms. The molecule has 0 radical (unpaired) electrons. The highest BCUT2D eigenvalue weighted by Crippen LogP contribution is 2.40. The minimum Gasteiger partial charge on any atom is -0.451 e. The molecule has 5 rings (SSSR count). The van der Waals surface area contributed by atoms with Gasteiger partial charge >= 0.3 is 5.97 Å². The summed E-state index contributed by atoms with van der Waals surface area (Å²) < 4.78 is 8.29. The molecule has 9 nitrogen and oxygen atoms in total. The zero-order valence-electron chi connectivity index (χ0n) is 20.2. The van der Waals surface area contributed by atoms with E-state index >= 15 is 0 Å². The Bertz CT molecular complexity index is 1490. The van der Waals surface area contributed by atoms with Gasteiger partial charge in [0.15, 0.2) is 12.3 Å². The lowest BCUT2D eigenvalue weighted by Gasteiger charge is -2.12. The second-order valence-electron chi connectivity index (χ2n) is 9.38. The van der Waals surface area contributed by atoms with Crippen LogP contribution in [-0.2, 0) is 16.1 Å². The molecule has 184 valence electrons. The Morgan fingerprint density at radius 3 is 2.42 bits per heavy atom. The van der Waals surface area contributed by atoms with Gasteiger partial charge < -0.3 is 10.1 Å². The Kier molecular flexibility index (Phi) is 6.37. The molecule has 1 saturated carbocycles. The maximum absolute atomic E-state index is 13.0. The maximum atomic E-state index is 13.0. The number of esters is 1. The van der Waals surface area contributed by atoms with Crippen LogP contribution in [0.4, 0.5) is 5.82 Å². The van der Waals surface area contributed by atoms with Crippen LogP contribution in [0.25, 0.3) is 16.5 Å². The predicted molar refractivity (Wildman–Crippen MR) is 135 cm³/mol. The maximum Gasteiger partial charge on any atom is 0.359 e. The van der Waals surface area contributed by atoms with Crippen molar-refractivity contribution in [3.05, 3.63) is 82.4 Å². The highest BCUT2D eigenvalue weighted by molar-refractivity contribution is 6.03. The van der Waals surface area contributed by atoms with Crippen molar-refractivity contribution < 1.29 is 14.3 Å². The van der Waals surface area contributed by atoms with Crippen molar-refractivity contribution in [2.75, 3.05) is 11.9 Å². The number of hydrogen-bond donors (Lipinski definition) is 1. The van der Waals surface area contributed by atoms with Crippen molar-refractivity contribution in [3.63, 3.8) is 0 Å². The number of benzene rings is 2. The van der Waals surface area contributed by atoms with Gasteiger partial charge in [0.1, 0.15) is 5.82 Å². The predicted octanol–water partition coefficient (Wildman–Crippen LogP) is 3.91. The van der Waals surface area contributed by atoms with Crippen LogP contribution in [0.2, 0.25) is 0 Å². The van der Waals surface area contributed by atoms with Gasteiger partial charge in [0.25, 0.3) is 11.5 Å². The summed E-state index contributed by atoms with van der Waals surface area (Å²) in [6, 6.07) is 18.1. The van der Waals surface area contributed by atoms with Crippen LogP contribution < -0.4 is 10.9 Å². The van der Waals surface area contributed by atoms with Gasteiger partial charge in [-0.25, -0.2) is 14.2 Å². The number of amides is 1. The first kappa shape index (κ1) is 23.5. The molecule has 4 aromatic rings. The summed E-state index contributed by atoms with van der Waals surface area (Å²) in [5.41, 5.74) is 1.48. The van der Waals surface area contributed by atoms with E-state index in [0.29, 0.717) is 29.1 Å². The Morgan fingerprint density at radius 2 is 1.72 bits per heavy atom. The quantitative estimate of drug-likeness (QED) is 0.379. The molecule has 1 aliphatic rings. The molecular weight excluding hydrogens is 458 g/mol. The van der Waals surface area contributed by atoms with E-state index < -0.39 is 18.5 Å². The molecule has 0 aliphatic heterocycles. The average molecular weight is 486 g/mol. The summed E-state index contributed by atoms with van der Waals surface area (Å²) in [4.78, 5) is 38.5. The van der Waals surface area contributed by atoms with E-state index in [-0.39, 0.29) is 17.2 Å².